The molecule has 2 fully saturated rings. The van der Waals surface area contributed by atoms with Crippen molar-refractivity contribution in [2.45, 2.75) is 44.4 Å². The van der Waals surface area contributed by atoms with Crippen LogP contribution < -0.4 is 10.1 Å². The maximum Gasteiger partial charge on any atom is 0.416 e. The van der Waals surface area contributed by atoms with Gasteiger partial charge < -0.3 is 19.9 Å². The van der Waals surface area contributed by atoms with Gasteiger partial charge in [-0.05, 0) is 50.5 Å². The number of anilines is 1. The molecule has 0 unspecified atom stereocenters. The van der Waals surface area contributed by atoms with Gasteiger partial charge in [-0.1, -0.05) is 6.07 Å². The zero-order valence-electron chi connectivity index (χ0n) is 28.2. The largest absolute Gasteiger partial charge is 0.509 e. The van der Waals surface area contributed by atoms with Gasteiger partial charge in [-0.3, -0.25) is 19.5 Å². The SMILES string of the molecule is Cc1c(C#N)ncnc1-c1cc(C(F)(F)F)ccc1NC(=O)C1=C(O)C2(CCC2)N(C)N(Cc2ccc(OCCN3CCOCC3)c(F)c2F)C1=O. The van der Waals surface area contributed by atoms with Crippen molar-refractivity contribution in [3.05, 3.63) is 82.0 Å². The van der Waals surface area contributed by atoms with Crippen molar-refractivity contribution in [1.29, 1.82) is 5.26 Å². The first-order valence-corrected chi connectivity index (χ1v) is 16.4. The first-order chi connectivity index (χ1) is 24.8. The van der Waals surface area contributed by atoms with Crippen LogP contribution in [0.1, 0.15) is 41.6 Å². The number of amides is 2. The molecule has 0 radical (unpaired) electrons. The molecule has 2 aromatic carbocycles. The number of nitrogens with zero attached hydrogens (tertiary/aromatic N) is 6. The number of morpholine rings is 1. The summed E-state index contributed by atoms with van der Waals surface area (Å²) in [5.74, 6) is -5.60. The number of carbonyl (C=O) groups is 2. The Labute approximate surface area is 295 Å². The van der Waals surface area contributed by atoms with Crippen molar-refractivity contribution in [3.8, 4) is 23.1 Å². The molecular weight excluding hydrogens is 693 g/mol. The highest BCUT2D eigenvalue weighted by Crippen LogP contribution is 2.47. The van der Waals surface area contributed by atoms with Crippen molar-refractivity contribution in [3.63, 3.8) is 0 Å². The Hall–Kier alpha value is -5.18. The quantitative estimate of drug-likeness (QED) is 0.231. The van der Waals surface area contributed by atoms with E-state index >= 15 is 8.78 Å². The fourth-order valence-corrected chi connectivity index (χ4v) is 6.56. The summed E-state index contributed by atoms with van der Waals surface area (Å²) in [4.78, 5) is 37.9. The monoisotopic (exact) mass is 727 g/mol. The number of hydrogen-bond acceptors (Lipinski definition) is 10. The smallest absolute Gasteiger partial charge is 0.416 e. The van der Waals surface area contributed by atoms with Crippen LogP contribution in [0.15, 0.2) is 48.0 Å². The number of aliphatic hydroxyl groups excluding tert-OH is 1. The van der Waals surface area contributed by atoms with Gasteiger partial charge in [0.25, 0.3) is 11.8 Å². The Bertz CT molecular complexity index is 1970. The number of halogens is 5. The normalized spacial score (nSPS) is 18.0. The number of carbonyl (C=O) groups excluding carboxylic acids is 2. The topological polar surface area (TPSA) is 144 Å². The van der Waals surface area contributed by atoms with Crippen molar-refractivity contribution in [2.24, 2.45) is 0 Å². The Morgan fingerprint density at radius 3 is 2.52 bits per heavy atom. The summed E-state index contributed by atoms with van der Waals surface area (Å²) in [6, 6.07) is 6.79. The van der Waals surface area contributed by atoms with E-state index in [1.807, 2.05) is 6.07 Å². The summed E-state index contributed by atoms with van der Waals surface area (Å²) in [7, 11) is 1.48. The number of likely N-dealkylation sites (N-methyl/N-ethyl adjacent to an activating group) is 1. The minimum Gasteiger partial charge on any atom is -0.509 e. The maximum atomic E-state index is 15.5. The van der Waals surface area contributed by atoms with Crippen LogP contribution in [0.5, 0.6) is 5.75 Å². The lowest BCUT2D eigenvalue weighted by molar-refractivity contribution is -0.172. The zero-order valence-corrected chi connectivity index (χ0v) is 28.2. The summed E-state index contributed by atoms with van der Waals surface area (Å²) in [6.45, 7) is 4.01. The van der Waals surface area contributed by atoms with Gasteiger partial charge in [0.1, 0.15) is 36.0 Å². The van der Waals surface area contributed by atoms with Crippen molar-refractivity contribution < 1.29 is 46.1 Å². The molecule has 1 saturated heterocycles. The van der Waals surface area contributed by atoms with Crippen LogP contribution in [0.4, 0.5) is 27.6 Å². The molecule has 0 atom stereocenters. The number of aliphatic hydroxyl groups is 1. The Morgan fingerprint density at radius 1 is 1.13 bits per heavy atom. The molecule has 1 saturated carbocycles. The molecule has 1 spiro atoms. The maximum absolute atomic E-state index is 15.5. The van der Waals surface area contributed by atoms with Gasteiger partial charge in [-0.2, -0.15) is 22.8 Å². The van der Waals surface area contributed by atoms with Gasteiger partial charge in [0.15, 0.2) is 11.6 Å². The Balaban J connectivity index is 1.29. The molecule has 1 aliphatic carbocycles. The lowest BCUT2D eigenvalue weighted by atomic mass is 9.72. The summed E-state index contributed by atoms with van der Waals surface area (Å²) in [5.41, 5.74) is -3.73. The number of rotatable bonds is 9. The van der Waals surface area contributed by atoms with Crippen LogP contribution in [-0.4, -0.2) is 93.8 Å². The number of nitrogens with one attached hydrogen (secondary N) is 1. The number of nitriles is 1. The molecule has 0 bridgehead atoms. The van der Waals surface area contributed by atoms with Gasteiger partial charge in [0.2, 0.25) is 5.82 Å². The second-order valence-electron chi connectivity index (χ2n) is 12.7. The lowest BCUT2D eigenvalue weighted by Gasteiger charge is -2.54. The lowest BCUT2D eigenvalue weighted by Crippen LogP contribution is -2.65. The minimum atomic E-state index is -4.78. The van der Waals surface area contributed by atoms with Crippen LogP contribution in [0, 0.1) is 29.9 Å². The number of hydrogen-bond donors (Lipinski definition) is 2. The van der Waals surface area contributed by atoms with E-state index < -0.39 is 58.6 Å². The fourth-order valence-electron chi connectivity index (χ4n) is 6.56. The molecule has 3 aromatic rings. The molecule has 1 aromatic heterocycles. The predicted molar refractivity (Wildman–Crippen MR) is 174 cm³/mol. The third kappa shape index (κ3) is 6.76. The Morgan fingerprint density at radius 2 is 1.87 bits per heavy atom. The van der Waals surface area contributed by atoms with Gasteiger partial charge in [-0.15, -0.1) is 0 Å². The standard InChI is InChI=1S/C35H34F5N7O5/c1-20-25(17-41)42-19-43-30(20)23-16-22(35(38,39)40)5-6-24(23)44-32(49)27-31(48)34(8-3-9-34)45(2)47(33(27)50)18-21-4-7-26(29(37)28(21)36)52-15-12-46-10-13-51-14-11-46/h4-7,16,19,48H,3,8-15,18H2,1-2H3,(H,44,49). The van der Waals surface area contributed by atoms with E-state index in [4.69, 9.17) is 9.47 Å². The van der Waals surface area contributed by atoms with E-state index in [1.54, 1.807) is 0 Å². The number of hydrazine groups is 1. The van der Waals surface area contributed by atoms with Gasteiger partial charge >= 0.3 is 6.18 Å². The first-order valence-electron chi connectivity index (χ1n) is 16.4. The van der Waals surface area contributed by atoms with Crippen molar-refractivity contribution in [1.82, 2.24) is 24.9 Å². The second kappa shape index (κ2) is 14.4. The molecule has 274 valence electrons. The van der Waals surface area contributed by atoms with E-state index in [1.165, 1.54) is 31.1 Å². The highest BCUT2D eigenvalue weighted by molar-refractivity contribution is 6.24. The molecule has 17 heteroatoms. The zero-order chi connectivity index (χ0) is 37.4. The molecule has 3 aliphatic rings. The van der Waals surface area contributed by atoms with Crippen LogP contribution in [-0.2, 0) is 27.0 Å². The van der Waals surface area contributed by atoms with Crippen molar-refractivity contribution >= 4 is 17.5 Å². The number of ether oxygens (including phenoxy) is 2. The predicted octanol–water partition coefficient (Wildman–Crippen LogP) is 4.89. The molecular formula is C35H34F5N7O5. The van der Waals surface area contributed by atoms with E-state index in [0.29, 0.717) is 52.1 Å². The molecule has 2 N–H and O–H groups in total. The molecule has 2 aliphatic heterocycles. The second-order valence-corrected chi connectivity index (χ2v) is 12.7. The summed E-state index contributed by atoms with van der Waals surface area (Å²) < 4.78 is 82.8. The van der Waals surface area contributed by atoms with Crippen molar-refractivity contribution in [2.75, 3.05) is 51.8 Å². The summed E-state index contributed by atoms with van der Waals surface area (Å²) in [5, 5.41) is 25.7. The molecule has 2 amide bonds. The van der Waals surface area contributed by atoms with Gasteiger partial charge in [0.05, 0.1) is 42.2 Å². The molecule has 3 heterocycles. The van der Waals surface area contributed by atoms with E-state index in [0.717, 1.165) is 29.5 Å². The third-order valence-electron chi connectivity index (χ3n) is 9.77. The number of aromatic nitrogens is 2. The van der Waals surface area contributed by atoms with E-state index in [-0.39, 0.29) is 46.1 Å². The number of benzene rings is 2. The molecule has 6 rings (SSSR count). The van der Waals surface area contributed by atoms with E-state index in [9.17, 15) is 33.1 Å². The third-order valence-corrected chi connectivity index (χ3v) is 9.77. The highest BCUT2D eigenvalue weighted by atomic mass is 19.4. The average Bonchev–Trinajstić information content (AvgIpc) is 3.09. The fraction of sp³-hybridized carbons (Fsp3) is 0.400. The van der Waals surface area contributed by atoms with Gasteiger partial charge in [0, 0.05) is 43.4 Å². The summed E-state index contributed by atoms with van der Waals surface area (Å²) >= 11 is 0. The van der Waals surface area contributed by atoms with E-state index in [2.05, 4.69) is 20.2 Å². The first kappa shape index (κ1) is 36.6. The van der Waals surface area contributed by atoms with Crippen LogP contribution in [0.3, 0.4) is 0 Å². The Kier molecular flexibility index (Phi) is 10.2. The minimum absolute atomic E-state index is 0.0797. The summed E-state index contributed by atoms with van der Waals surface area (Å²) in [6.07, 6.45) is -2.55. The van der Waals surface area contributed by atoms with Crippen LogP contribution >= 0.6 is 0 Å². The number of alkyl halides is 3. The average molecular weight is 728 g/mol. The highest BCUT2D eigenvalue weighted by Gasteiger charge is 2.55. The molecule has 52 heavy (non-hydrogen) atoms. The van der Waals surface area contributed by atoms with Crippen LogP contribution in [0.2, 0.25) is 0 Å². The molecule has 12 nitrogen and oxygen atoms in total. The van der Waals surface area contributed by atoms with Crippen LogP contribution in [0.25, 0.3) is 11.3 Å². The van der Waals surface area contributed by atoms with Gasteiger partial charge in [-0.25, -0.2) is 19.4 Å².